The van der Waals surface area contributed by atoms with E-state index in [1.165, 1.54) is 6.07 Å². The van der Waals surface area contributed by atoms with Gasteiger partial charge in [0.2, 0.25) is 0 Å². The summed E-state index contributed by atoms with van der Waals surface area (Å²) in [7, 11) is 1.85. The second-order valence-corrected chi connectivity index (χ2v) is 3.79. The van der Waals surface area contributed by atoms with Crippen molar-refractivity contribution < 1.29 is 4.39 Å². The number of hydrogen-bond donors (Lipinski definition) is 0. The van der Waals surface area contributed by atoms with Crippen LogP contribution in [0, 0.1) is 9.65 Å². The van der Waals surface area contributed by atoms with Crippen LogP contribution in [0.3, 0.4) is 0 Å². The number of halogens is 2. The van der Waals surface area contributed by atoms with Crippen molar-refractivity contribution in [3.63, 3.8) is 0 Å². The van der Waals surface area contributed by atoms with Crippen molar-refractivity contribution in [3.05, 3.63) is 28.0 Å². The molecule has 0 aliphatic rings. The maximum Gasteiger partial charge on any atom is 0.191 e. The summed E-state index contributed by atoms with van der Waals surface area (Å²) in [5.41, 5.74) is 1.28. The zero-order valence-corrected chi connectivity index (χ0v) is 9.04. The van der Waals surface area contributed by atoms with Gasteiger partial charge in [-0.3, -0.25) is 0 Å². The molecule has 0 N–H and O–H groups in total. The third-order valence-corrected chi connectivity index (χ3v) is 2.27. The van der Waals surface area contributed by atoms with Gasteiger partial charge in [-0.05, 0) is 6.07 Å². The normalized spacial score (nSPS) is 10.6. The van der Waals surface area contributed by atoms with Crippen LogP contribution >= 0.6 is 22.6 Å². The fraction of sp³-hybridized carbons (Fsp3) is 0. The Labute approximate surface area is 89.1 Å². The minimum atomic E-state index is -0.282. The Balaban J connectivity index is 2.87. The van der Waals surface area contributed by atoms with E-state index in [9.17, 15) is 4.39 Å². The summed E-state index contributed by atoms with van der Waals surface area (Å²) in [6, 6.07) is 3.35. The zero-order chi connectivity index (χ0) is 9.42. The number of hydrogen-bond acceptors (Lipinski definition) is 2. The molecule has 5 heteroatoms. The Bertz CT molecular complexity index is 475. The number of aromatic nitrogens is 2. The Morgan fingerprint density at radius 3 is 2.92 bits per heavy atom. The quantitative estimate of drug-likeness (QED) is 0.403. The Morgan fingerprint density at radius 2 is 2.15 bits per heavy atom. The third kappa shape index (κ3) is 1.65. The standard InChI is InChI=1S/C8H5BFIN2/c9-5-1-4-3-12-8(11)13-7(4)6(10)2-5/h1-3H,9H2. The van der Waals surface area contributed by atoms with E-state index in [1.807, 2.05) is 36.5 Å². The van der Waals surface area contributed by atoms with Gasteiger partial charge in [0.15, 0.2) is 3.83 Å². The van der Waals surface area contributed by atoms with Crippen molar-refractivity contribution in [1.82, 2.24) is 9.97 Å². The van der Waals surface area contributed by atoms with Crippen LogP contribution in [-0.2, 0) is 0 Å². The molecule has 13 heavy (non-hydrogen) atoms. The van der Waals surface area contributed by atoms with Crippen molar-refractivity contribution in [2.75, 3.05) is 0 Å². The Hall–Kier alpha value is -0.715. The lowest BCUT2D eigenvalue weighted by Crippen LogP contribution is -2.04. The first-order chi connectivity index (χ1) is 6.16. The van der Waals surface area contributed by atoms with Crippen LogP contribution in [-0.4, -0.2) is 17.8 Å². The van der Waals surface area contributed by atoms with Crippen molar-refractivity contribution in [2.45, 2.75) is 0 Å². The lowest BCUT2D eigenvalue weighted by Gasteiger charge is -2.00. The van der Waals surface area contributed by atoms with E-state index in [0.29, 0.717) is 9.35 Å². The maximum atomic E-state index is 13.3. The molecule has 2 nitrogen and oxygen atoms in total. The topological polar surface area (TPSA) is 25.8 Å². The molecule has 0 aliphatic heterocycles. The molecule has 2 rings (SSSR count). The average Bonchev–Trinajstić information content (AvgIpc) is 2.06. The second kappa shape index (κ2) is 3.21. The van der Waals surface area contributed by atoms with Gasteiger partial charge in [0, 0.05) is 34.2 Å². The summed E-state index contributed by atoms with van der Waals surface area (Å²) in [5, 5.41) is 0.748. The van der Waals surface area contributed by atoms with E-state index in [2.05, 4.69) is 9.97 Å². The second-order valence-electron chi connectivity index (χ2n) is 2.82. The number of rotatable bonds is 0. The maximum absolute atomic E-state index is 13.3. The molecule has 1 aromatic carbocycles. The SMILES string of the molecule is Bc1cc(F)c2nc(I)ncc2c1. The molecule has 64 valence electrons. The molecule has 0 saturated heterocycles. The minimum absolute atomic E-state index is 0.282. The third-order valence-electron chi connectivity index (χ3n) is 1.75. The van der Waals surface area contributed by atoms with Gasteiger partial charge < -0.3 is 0 Å². The predicted molar refractivity (Wildman–Crippen MR) is 60.4 cm³/mol. The molecule has 0 bridgehead atoms. The molecule has 0 amide bonds. The van der Waals surface area contributed by atoms with Crippen molar-refractivity contribution >= 4 is 46.8 Å². The summed E-state index contributed by atoms with van der Waals surface area (Å²) >= 11 is 1.96. The fourth-order valence-electron chi connectivity index (χ4n) is 1.22. The van der Waals surface area contributed by atoms with Crippen LogP contribution in [0.1, 0.15) is 0 Å². The summed E-state index contributed by atoms with van der Waals surface area (Å²) < 4.78 is 13.9. The van der Waals surface area contributed by atoms with Crippen LogP contribution in [0.5, 0.6) is 0 Å². The molecule has 0 radical (unpaired) electrons. The summed E-state index contributed by atoms with van der Waals surface area (Å²) in [5.74, 6) is -0.282. The van der Waals surface area contributed by atoms with Gasteiger partial charge in [-0.1, -0.05) is 11.5 Å². The first kappa shape index (κ1) is 8.86. The number of benzene rings is 1. The average molecular weight is 286 g/mol. The lowest BCUT2D eigenvalue weighted by atomic mass is 9.95. The Morgan fingerprint density at radius 1 is 1.38 bits per heavy atom. The van der Waals surface area contributed by atoms with Gasteiger partial charge in [-0.2, -0.15) is 0 Å². The molecule has 0 spiro atoms. The predicted octanol–water partition coefficient (Wildman–Crippen LogP) is 0.632. The molecule has 1 aromatic heterocycles. The molecule has 0 unspecified atom stereocenters. The highest BCUT2D eigenvalue weighted by Crippen LogP contribution is 2.13. The lowest BCUT2D eigenvalue weighted by molar-refractivity contribution is 0.637. The zero-order valence-electron chi connectivity index (χ0n) is 6.88. The molecule has 2 aromatic rings. The summed E-state index contributed by atoms with van der Waals surface area (Å²) in [6.45, 7) is 0. The first-order valence-electron chi connectivity index (χ1n) is 3.75. The number of nitrogens with zero attached hydrogens (tertiary/aromatic N) is 2. The molecule has 0 saturated carbocycles. The summed E-state index contributed by atoms with van der Waals surface area (Å²) in [6.07, 6.45) is 1.64. The van der Waals surface area contributed by atoms with E-state index in [4.69, 9.17) is 0 Å². The summed E-state index contributed by atoms with van der Waals surface area (Å²) in [4.78, 5) is 8.02. The van der Waals surface area contributed by atoms with E-state index in [0.717, 1.165) is 10.8 Å². The van der Waals surface area contributed by atoms with Gasteiger partial charge in [0.05, 0.1) is 0 Å². The van der Waals surface area contributed by atoms with E-state index in [1.54, 1.807) is 6.20 Å². The monoisotopic (exact) mass is 286 g/mol. The highest BCUT2D eigenvalue weighted by Gasteiger charge is 2.03. The smallest absolute Gasteiger partial charge is 0.191 e. The highest BCUT2D eigenvalue weighted by atomic mass is 127. The minimum Gasteiger partial charge on any atom is -0.231 e. The molecule has 0 aliphatic carbocycles. The van der Waals surface area contributed by atoms with E-state index >= 15 is 0 Å². The van der Waals surface area contributed by atoms with Gasteiger partial charge in [-0.25, -0.2) is 14.4 Å². The van der Waals surface area contributed by atoms with Crippen molar-refractivity contribution in [1.29, 1.82) is 0 Å². The molecule has 1 heterocycles. The molecule has 0 fully saturated rings. The molecule has 0 atom stereocenters. The fourth-order valence-corrected chi connectivity index (χ4v) is 1.60. The van der Waals surface area contributed by atoms with Gasteiger partial charge in [-0.15, -0.1) is 0 Å². The Kier molecular flexibility index (Phi) is 2.19. The van der Waals surface area contributed by atoms with Crippen molar-refractivity contribution in [2.24, 2.45) is 0 Å². The van der Waals surface area contributed by atoms with E-state index in [-0.39, 0.29) is 5.82 Å². The highest BCUT2D eigenvalue weighted by molar-refractivity contribution is 14.1. The van der Waals surface area contributed by atoms with Gasteiger partial charge in [0.1, 0.15) is 19.2 Å². The number of fused-ring (bicyclic) bond motifs is 1. The van der Waals surface area contributed by atoms with Gasteiger partial charge >= 0.3 is 0 Å². The van der Waals surface area contributed by atoms with Crippen LogP contribution in [0.2, 0.25) is 0 Å². The van der Waals surface area contributed by atoms with E-state index < -0.39 is 0 Å². The molecular formula is C8H5BFIN2. The largest absolute Gasteiger partial charge is 0.231 e. The molecular weight excluding hydrogens is 281 g/mol. The van der Waals surface area contributed by atoms with Crippen LogP contribution in [0.4, 0.5) is 4.39 Å². The van der Waals surface area contributed by atoms with Crippen LogP contribution in [0.25, 0.3) is 10.9 Å². The first-order valence-corrected chi connectivity index (χ1v) is 4.83. The van der Waals surface area contributed by atoms with Crippen molar-refractivity contribution in [3.8, 4) is 0 Å². The van der Waals surface area contributed by atoms with Crippen LogP contribution in [0.15, 0.2) is 18.3 Å². The van der Waals surface area contributed by atoms with Crippen LogP contribution < -0.4 is 5.46 Å². The van der Waals surface area contributed by atoms with Gasteiger partial charge in [0.25, 0.3) is 0 Å².